The summed E-state index contributed by atoms with van der Waals surface area (Å²) in [6, 6.07) is 10.4. The second-order valence-electron chi connectivity index (χ2n) is 26.5. The fraction of sp³-hybridized carbons (Fsp3) is 0.574. The molecule has 1 unspecified atom stereocenters. The SMILES string of the molecule is COc1cc(C(C)OC(=O)CCNC(=O)[C@@H]2C[C@H](NC(=O)OC(C)(C)C)CN2C(=O)[C@@H]2CCCN2C(=O)[C@@H]2C[C@H](NC(C)=O)CN2C(=O)[C@@H]2CCCN2C(=O)[C@@H]2C[C@H](NC(C)=O)CN2C(=O)[C@@H]2CCCN2C(=O)OCC2c3ccccc3-c3ccccc32)cc(OC)c1OC. The number of ether oxygens (including phenoxy) is 6. The van der Waals surface area contributed by atoms with Gasteiger partial charge in [0.1, 0.15) is 54.6 Å². The maximum absolute atomic E-state index is 15.3. The first-order chi connectivity index (χ1) is 45.4. The summed E-state index contributed by atoms with van der Waals surface area (Å²) in [5, 5.41) is 11.3. The molecular weight excluding hydrogens is 1230 g/mol. The highest BCUT2D eigenvalue weighted by molar-refractivity contribution is 5.99. The van der Waals surface area contributed by atoms with E-state index >= 15 is 19.2 Å². The molecule has 3 aromatic carbocycles. The van der Waals surface area contributed by atoms with Gasteiger partial charge in [0.15, 0.2) is 11.5 Å². The van der Waals surface area contributed by atoms with Gasteiger partial charge in [-0.05, 0) is 125 Å². The number of esters is 1. The van der Waals surface area contributed by atoms with Gasteiger partial charge < -0.3 is 74.2 Å². The minimum atomic E-state index is -1.21. The number of alkyl carbamates (subject to hydrolysis) is 1. The average molecular weight is 1320 g/mol. The Kier molecular flexibility index (Phi) is 21.1. The van der Waals surface area contributed by atoms with Crippen LogP contribution in [-0.4, -0.2) is 229 Å². The standard InChI is InChI=1S/C68H88N10O17/c1-38(41-29-56(90-7)59(92-9)57(30-41)91-8)94-58(81)24-25-69-60(82)53-31-44(72-66(88)95-68(4,5)6)36-76(53)61(83)50-21-14-26-73(50)64(86)54-32-42(70-39(2)79)34-77(54)62(84)51-22-15-27-74(51)65(87)55-33-43(71-40(3)80)35-78(55)63(85)52-23-16-28-75(52)67(89)93-37-49-47-19-12-10-17-45(47)46-18-11-13-20-48(46)49/h10-13,17-20,29-30,38,42-44,49-55H,14-16,21-28,31-37H2,1-9H3,(H,69,82)(H,70,79)(H,71,80)(H,72,88)/t38?,42-,43-,44-,50-,51-,52-,53-,54-,55-/m0/s1. The highest BCUT2D eigenvalue weighted by Crippen LogP contribution is 2.45. The van der Waals surface area contributed by atoms with E-state index in [1.807, 2.05) is 48.5 Å². The maximum atomic E-state index is 15.3. The van der Waals surface area contributed by atoms with E-state index in [2.05, 4.69) is 21.3 Å². The number of hydrogen-bond acceptors (Lipinski definition) is 17. The lowest BCUT2D eigenvalue weighted by Crippen LogP contribution is -2.58. The van der Waals surface area contributed by atoms with Crippen LogP contribution in [0.5, 0.6) is 17.2 Å². The van der Waals surface area contributed by atoms with Crippen LogP contribution in [0.25, 0.3) is 11.1 Å². The van der Waals surface area contributed by atoms with Crippen LogP contribution in [0.1, 0.15) is 134 Å². The first-order valence-corrected chi connectivity index (χ1v) is 32.8. The fourth-order valence-corrected chi connectivity index (χ4v) is 14.8. The highest BCUT2D eigenvalue weighted by atomic mass is 16.6. The predicted molar refractivity (Wildman–Crippen MR) is 341 cm³/mol. The van der Waals surface area contributed by atoms with E-state index < -0.39 is 126 Å². The first-order valence-electron chi connectivity index (χ1n) is 32.8. The number of likely N-dealkylation sites (tertiary alicyclic amines) is 6. The smallest absolute Gasteiger partial charge is 0.410 e. The van der Waals surface area contributed by atoms with Crippen molar-refractivity contribution in [1.29, 1.82) is 0 Å². The molecule has 6 heterocycles. The average Bonchev–Trinajstić information content (AvgIpc) is 1.65. The molecule has 0 spiro atoms. The molecule has 10 atom stereocenters. The van der Waals surface area contributed by atoms with E-state index in [4.69, 9.17) is 28.4 Å². The molecule has 27 heteroatoms. The van der Waals surface area contributed by atoms with E-state index in [9.17, 15) is 33.6 Å². The zero-order valence-corrected chi connectivity index (χ0v) is 55.5. The molecule has 95 heavy (non-hydrogen) atoms. The van der Waals surface area contributed by atoms with Crippen LogP contribution < -0.4 is 35.5 Å². The van der Waals surface area contributed by atoms with Crippen molar-refractivity contribution < 1.29 is 81.2 Å². The predicted octanol–water partition coefficient (Wildman–Crippen LogP) is 3.92. The number of carbonyl (C=O) groups is 11. The van der Waals surface area contributed by atoms with Crippen molar-refractivity contribution in [3.8, 4) is 28.4 Å². The lowest BCUT2D eigenvalue weighted by molar-refractivity contribution is -0.154. The Hall–Kier alpha value is -9.17. The van der Waals surface area contributed by atoms with Crippen molar-refractivity contribution in [3.05, 3.63) is 77.4 Å². The van der Waals surface area contributed by atoms with Gasteiger partial charge >= 0.3 is 18.2 Å². The third-order valence-electron chi connectivity index (χ3n) is 19.0. The van der Waals surface area contributed by atoms with Gasteiger partial charge in [0.05, 0.1) is 33.8 Å². The number of hydrogen-bond donors (Lipinski definition) is 4. The monoisotopic (exact) mass is 1320 g/mol. The van der Waals surface area contributed by atoms with Gasteiger partial charge in [-0.1, -0.05) is 48.5 Å². The number of carbonyl (C=O) groups excluding carboxylic acids is 11. The van der Waals surface area contributed by atoms with Crippen LogP contribution >= 0.6 is 0 Å². The quantitative estimate of drug-likeness (QED) is 0.0976. The van der Waals surface area contributed by atoms with Crippen molar-refractivity contribution in [2.45, 2.75) is 178 Å². The molecule has 6 aliphatic heterocycles. The summed E-state index contributed by atoms with van der Waals surface area (Å²) in [6.07, 6.45) is -0.499. The lowest BCUT2D eigenvalue weighted by atomic mass is 9.98. The van der Waals surface area contributed by atoms with E-state index in [1.165, 1.54) is 64.6 Å². The summed E-state index contributed by atoms with van der Waals surface area (Å²) in [4.78, 5) is 164. The third-order valence-corrected chi connectivity index (χ3v) is 19.0. The minimum Gasteiger partial charge on any atom is -0.493 e. The van der Waals surface area contributed by atoms with Crippen LogP contribution in [-0.2, 0) is 57.4 Å². The summed E-state index contributed by atoms with van der Waals surface area (Å²) in [5.41, 5.74) is 3.88. The highest BCUT2D eigenvalue weighted by Gasteiger charge is 2.53. The molecule has 6 saturated heterocycles. The van der Waals surface area contributed by atoms with Crippen molar-refractivity contribution in [2.24, 2.45) is 0 Å². The molecular formula is C68H88N10O17. The van der Waals surface area contributed by atoms with Gasteiger partial charge in [-0.15, -0.1) is 0 Å². The molecule has 10 amide bonds. The van der Waals surface area contributed by atoms with Gasteiger partial charge in [-0.3, -0.25) is 48.1 Å². The molecule has 1 aliphatic carbocycles. The largest absolute Gasteiger partial charge is 0.493 e. The van der Waals surface area contributed by atoms with Gasteiger partial charge in [-0.2, -0.15) is 0 Å². The van der Waals surface area contributed by atoms with Crippen LogP contribution in [0.4, 0.5) is 9.59 Å². The molecule has 27 nitrogen and oxygen atoms in total. The van der Waals surface area contributed by atoms with E-state index in [0.29, 0.717) is 48.5 Å². The number of amides is 10. The van der Waals surface area contributed by atoms with Crippen LogP contribution in [0.2, 0.25) is 0 Å². The van der Waals surface area contributed by atoms with Crippen LogP contribution in [0.15, 0.2) is 60.7 Å². The summed E-state index contributed by atoms with van der Waals surface area (Å²) >= 11 is 0. The van der Waals surface area contributed by atoms with Crippen molar-refractivity contribution >= 4 is 65.4 Å². The zero-order chi connectivity index (χ0) is 68.2. The molecule has 0 aromatic heterocycles. The Labute approximate surface area is 552 Å². The lowest BCUT2D eigenvalue weighted by Gasteiger charge is -2.36. The zero-order valence-electron chi connectivity index (χ0n) is 55.5. The second kappa shape index (κ2) is 29.2. The van der Waals surface area contributed by atoms with E-state index in [0.717, 1.165) is 22.3 Å². The molecule has 0 saturated carbocycles. The Bertz CT molecular complexity index is 3400. The molecule has 10 rings (SSSR count). The second-order valence-corrected chi connectivity index (χ2v) is 26.5. The molecule has 0 radical (unpaired) electrons. The van der Waals surface area contributed by atoms with Crippen LogP contribution in [0.3, 0.4) is 0 Å². The topological polar surface area (TPSA) is 311 Å². The number of rotatable bonds is 19. The van der Waals surface area contributed by atoms with Crippen molar-refractivity contribution in [3.63, 3.8) is 0 Å². The molecule has 4 N–H and O–H groups in total. The molecule has 3 aromatic rings. The molecule has 512 valence electrons. The van der Waals surface area contributed by atoms with Crippen LogP contribution in [0, 0.1) is 0 Å². The first kappa shape index (κ1) is 68.7. The van der Waals surface area contributed by atoms with Gasteiger partial charge in [0.2, 0.25) is 53.0 Å². The van der Waals surface area contributed by atoms with Gasteiger partial charge in [-0.25, -0.2) is 9.59 Å². The van der Waals surface area contributed by atoms with Gasteiger partial charge in [0.25, 0.3) is 0 Å². The molecule has 6 fully saturated rings. The minimum absolute atomic E-state index is 0.0204. The van der Waals surface area contributed by atoms with Crippen molar-refractivity contribution in [1.82, 2.24) is 50.7 Å². The third kappa shape index (κ3) is 15.0. The fourth-order valence-electron chi connectivity index (χ4n) is 14.8. The summed E-state index contributed by atoms with van der Waals surface area (Å²) in [7, 11) is 4.39. The number of nitrogens with zero attached hydrogens (tertiary/aromatic N) is 6. The summed E-state index contributed by atoms with van der Waals surface area (Å²) < 4.78 is 33.6. The maximum Gasteiger partial charge on any atom is 0.410 e. The summed E-state index contributed by atoms with van der Waals surface area (Å²) in [5.74, 6) is -3.94. The Morgan fingerprint density at radius 1 is 0.547 bits per heavy atom. The summed E-state index contributed by atoms with van der Waals surface area (Å²) in [6.45, 7) is 9.46. The van der Waals surface area contributed by atoms with E-state index in [1.54, 1.807) is 39.8 Å². The molecule has 0 bridgehead atoms. The Morgan fingerprint density at radius 3 is 1.44 bits per heavy atom. The Morgan fingerprint density at radius 2 is 0.979 bits per heavy atom. The number of nitrogens with one attached hydrogen (secondary N) is 4. The normalized spacial score (nSPS) is 24.1. The Balaban J connectivity index is 0.819. The number of methoxy groups -OCH3 is 3. The van der Waals surface area contributed by atoms with E-state index in [-0.39, 0.29) is 103 Å². The van der Waals surface area contributed by atoms with Crippen molar-refractivity contribution in [2.75, 3.05) is 73.7 Å². The van der Waals surface area contributed by atoms with Gasteiger partial charge in [0, 0.05) is 77.7 Å². The molecule has 7 aliphatic rings. The number of fused-ring (bicyclic) bond motifs is 3. The number of benzene rings is 3.